The van der Waals surface area contributed by atoms with Gasteiger partial charge in [-0.1, -0.05) is 34.6 Å². The number of esters is 3. The first kappa shape index (κ1) is 29.8. The summed E-state index contributed by atoms with van der Waals surface area (Å²) in [7, 11) is 1.13. The van der Waals surface area contributed by atoms with Gasteiger partial charge in [0.1, 0.15) is 17.8 Å². The fraction of sp³-hybridized carbons (Fsp3) is 0.625. The highest BCUT2D eigenvalue weighted by Gasteiger charge is 2.90. The molecule has 4 aliphatic carbocycles. The minimum absolute atomic E-state index is 0.0316. The predicted molar refractivity (Wildman–Crippen MR) is 147 cm³/mol. The van der Waals surface area contributed by atoms with Gasteiger partial charge in [0.2, 0.25) is 5.78 Å². The van der Waals surface area contributed by atoms with Crippen LogP contribution in [0.5, 0.6) is 0 Å². The number of hydrogen-bond donors (Lipinski definition) is 3. The molecule has 2 unspecified atom stereocenters. The molecule has 11 heteroatoms. The van der Waals surface area contributed by atoms with Gasteiger partial charge in [0.25, 0.3) is 0 Å². The van der Waals surface area contributed by atoms with Crippen LogP contribution in [0.3, 0.4) is 0 Å². The smallest absolute Gasteiger partial charge is 0.335 e. The van der Waals surface area contributed by atoms with Gasteiger partial charge < -0.3 is 33.9 Å². The Bertz CT molecular complexity index is 1490. The predicted octanol–water partition coefficient (Wildman–Crippen LogP) is 2.48. The van der Waals surface area contributed by atoms with Crippen LogP contribution in [0.15, 0.2) is 45.8 Å². The summed E-state index contributed by atoms with van der Waals surface area (Å²) in [6, 6.07) is 1.67. The Morgan fingerprint density at radius 2 is 1.86 bits per heavy atom. The molecule has 232 valence electrons. The maximum absolute atomic E-state index is 14.8. The second-order valence-electron chi connectivity index (χ2n) is 13.6. The topological polar surface area (TPSA) is 170 Å². The zero-order valence-corrected chi connectivity index (χ0v) is 25.1. The molecule has 1 aliphatic heterocycles. The van der Waals surface area contributed by atoms with Crippen LogP contribution in [0.4, 0.5) is 0 Å². The van der Waals surface area contributed by atoms with E-state index >= 15 is 0 Å². The van der Waals surface area contributed by atoms with Crippen molar-refractivity contribution in [3.63, 3.8) is 0 Å². The fourth-order valence-electron chi connectivity index (χ4n) is 9.37. The molecule has 0 spiro atoms. The standard InChI is InChI=1S/C32H38O11/c1-7-15(2)25(36)43-27-29(4)14-31(38)30(5,22(29)21(34)26(37)40-6)17-8-10-28(3)18(20(17)23(35)32(27,31)39)12-19(33)42-24(28)16-9-11-41-13-16/h9,11-13,15,21-22,24,27,34,38-39H,7-8,10,14H2,1-6H3/t15?,21?,22-,24-,27-,28+,29-,30+,31+,32+/m0/s1. The van der Waals surface area contributed by atoms with Crippen molar-refractivity contribution in [2.45, 2.75) is 89.8 Å². The summed E-state index contributed by atoms with van der Waals surface area (Å²) in [6.07, 6.45) is 0.737. The SMILES string of the molecule is CCC(C)C(=O)O[C@H]1[C@@]2(C)C[C@]3(O)[C@@]1(O)C(=O)C1=C(CC[C@]4(C)C1=CC(=O)O[C@H]4c1ccoc1)[C@]3(C)[C@H]2C(O)C(=O)OC. The zero-order chi connectivity index (χ0) is 31.5. The van der Waals surface area contributed by atoms with Crippen LogP contribution < -0.4 is 0 Å². The summed E-state index contributed by atoms with van der Waals surface area (Å²) in [4.78, 5) is 53.9. The van der Waals surface area contributed by atoms with Crippen molar-refractivity contribution in [1.29, 1.82) is 0 Å². The molecule has 0 saturated heterocycles. The van der Waals surface area contributed by atoms with Gasteiger partial charge >= 0.3 is 17.9 Å². The summed E-state index contributed by atoms with van der Waals surface area (Å²) < 4.78 is 21.9. The molecule has 11 nitrogen and oxygen atoms in total. The summed E-state index contributed by atoms with van der Waals surface area (Å²) >= 11 is 0. The van der Waals surface area contributed by atoms with Crippen molar-refractivity contribution in [2.75, 3.05) is 7.11 Å². The average Bonchev–Trinajstić information content (AvgIpc) is 3.61. The van der Waals surface area contributed by atoms with Gasteiger partial charge in [-0.05, 0) is 42.9 Å². The van der Waals surface area contributed by atoms with Crippen LogP contribution in [0, 0.1) is 28.1 Å². The van der Waals surface area contributed by atoms with E-state index in [-0.39, 0.29) is 18.4 Å². The lowest BCUT2D eigenvalue weighted by atomic mass is 9.43. The fourth-order valence-corrected chi connectivity index (χ4v) is 9.37. The van der Waals surface area contributed by atoms with Crippen LogP contribution in [0.1, 0.15) is 72.0 Å². The van der Waals surface area contributed by atoms with Crippen LogP contribution in [0.25, 0.3) is 0 Å². The highest BCUT2D eigenvalue weighted by atomic mass is 16.6. The van der Waals surface area contributed by atoms with E-state index in [1.165, 1.54) is 18.6 Å². The Labute approximate surface area is 248 Å². The average molecular weight is 599 g/mol. The number of ether oxygens (including phenoxy) is 3. The third kappa shape index (κ3) is 3.30. The Morgan fingerprint density at radius 1 is 1.16 bits per heavy atom. The first-order chi connectivity index (χ1) is 20.1. The van der Waals surface area contributed by atoms with Crippen molar-refractivity contribution in [2.24, 2.45) is 28.1 Å². The lowest BCUT2D eigenvalue weighted by Crippen LogP contribution is -2.77. The van der Waals surface area contributed by atoms with Gasteiger partial charge in [-0.2, -0.15) is 0 Å². The van der Waals surface area contributed by atoms with E-state index in [4.69, 9.17) is 18.6 Å². The molecule has 0 radical (unpaired) electrons. The highest BCUT2D eigenvalue weighted by Crippen LogP contribution is 2.79. The number of fused-ring (bicyclic) bond motifs is 4. The first-order valence-electron chi connectivity index (χ1n) is 14.7. The lowest BCUT2D eigenvalue weighted by Gasteiger charge is -2.63. The van der Waals surface area contributed by atoms with Gasteiger partial charge in [0.05, 0.1) is 25.6 Å². The Morgan fingerprint density at radius 3 is 2.47 bits per heavy atom. The van der Waals surface area contributed by atoms with E-state index in [0.717, 1.165) is 7.11 Å². The number of methoxy groups -OCH3 is 1. The van der Waals surface area contributed by atoms with Crippen molar-refractivity contribution < 1.29 is 53.1 Å². The molecule has 2 bridgehead atoms. The number of aliphatic hydroxyl groups excluding tert-OH is 1. The number of cyclic esters (lactones) is 1. The van der Waals surface area contributed by atoms with Gasteiger partial charge in [-0.15, -0.1) is 0 Å². The monoisotopic (exact) mass is 598 g/mol. The molecule has 43 heavy (non-hydrogen) atoms. The van der Waals surface area contributed by atoms with Crippen LogP contribution in [-0.2, 0) is 33.4 Å². The molecule has 2 fully saturated rings. The number of carbonyl (C=O) groups excluding carboxylic acids is 4. The molecular weight excluding hydrogens is 560 g/mol. The molecule has 2 saturated carbocycles. The molecule has 1 aromatic rings. The second-order valence-corrected chi connectivity index (χ2v) is 13.6. The maximum Gasteiger partial charge on any atom is 0.335 e. The van der Waals surface area contributed by atoms with E-state index in [1.54, 1.807) is 33.8 Å². The number of furan rings is 1. The molecule has 10 atom stereocenters. The van der Waals surface area contributed by atoms with E-state index < -0.39 is 81.3 Å². The lowest BCUT2D eigenvalue weighted by molar-refractivity contribution is -0.259. The molecule has 2 heterocycles. The molecular formula is C32H38O11. The van der Waals surface area contributed by atoms with E-state index in [1.807, 2.05) is 6.92 Å². The van der Waals surface area contributed by atoms with Crippen molar-refractivity contribution in [3.05, 3.63) is 47.0 Å². The van der Waals surface area contributed by atoms with Gasteiger partial charge in [-0.3, -0.25) is 9.59 Å². The van der Waals surface area contributed by atoms with E-state index in [2.05, 4.69) is 0 Å². The third-order valence-electron chi connectivity index (χ3n) is 11.6. The second kappa shape index (κ2) is 9.12. The third-order valence-corrected chi connectivity index (χ3v) is 11.6. The number of rotatable bonds is 6. The molecule has 1 aromatic heterocycles. The zero-order valence-electron chi connectivity index (χ0n) is 25.1. The minimum atomic E-state index is -2.64. The summed E-state index contributed by atoms with van der Waals surface area (Å²) in [5.41, 5.74) is -7.40. The number of Topliss-reactive ketones (excluding diaryl/α,β-unsaturated/α-hetero) is 1. The Hall–Kier alpha value is -3.28. The van der Waals surface area contributed by atoms with Crippen molar-refractivity contribution in [3.8, 4) is 0 Å². The highest BCUT2D eigenvalue weighted by molar-refractivity contribution is 6.12. The molecule has 0 aromatic carbocycles. The van der Waals surface area contributed by atoms with Crippen LogP contribution in [-0.4, -0.2) is 69.5 Å². The number of carbonyl (C=O) groups is 4. The molecule has 0 amide bonds. The maximum atomic E-state index is 14.8. The Kier molecular flexibility index (Phi) is 6.32. The quantitative estimate of drug-likeness (QED) is 0.325. The normalized spacial score (nSPS) is 42.4. The number of aliphatic hydroxyl groups is 3. The largest absolute Gasteiger partial charge is 0.472 e. The minimum Gasteiger partial charge on any atom is -0.472 e. The van der Waals surface area contributed by atoms with Crippen LogP contribution >= 0.6 is 0 Å². The molecule has 5 aliphatic rings. The number of ketones is 1. The van der Waals surface area contributed by atoms with E-state index in [0.29, 0.717) is 29.6 Å². The first-order valence-corrected chi connectivity index (χ1v) is 14.7. The van der Waals surface area contributed by atoms with Crippen LogP contribution in [0.2, 0.25) is 0 Å². The van der Waals surface area contributed by atoms with Crippen molar-refractivity contribution in [1.82, 2.24) is 0 Å². The molecule has 6 rings (SSSR count). The summed E-state index contributed by atoms with van der Waals surface area (Å²) in [5, 5.41) is 36.7. The van der Waals surface area contributed by atoms with E-state index in [9.17, 15) is 34.5 Å². The number of hydrogen-bond acceptors (Lipinski definition) is 11. The van der Waals surface area contributed by atoms with Gasteiger partial charge in [-0.25, -0.2) is 9.59 Å². The van der Waals surface area contributed by atoms with Gasteiger partial charge in [0, 0.05) is 39.4 Å². The summed E-state index contributed by atoms with van der Waals surface area (Å²) in [6.45, 7) is 8.53. The van der Waals surface area contributed by atoms with Gasteiger partial charge in [0.15, 0.2) is 11.7 Å². The van der Waals surface area contributed by atoms with Crippen molar-refractivity contribution >= 4 is 23.7 Å². The Balaban J connectivity index is 1.62. The molecule has 3 N–H and O–H groups in total. The summed E-state index contributed by atoms with van der Waals surface area (Å²) in [5.74, 6) is -4.93.